The minimum absolute atomic E-state index is 0.0568. The summed E-state index contributed by atoms with van der Waals surface area (Å²) in [7, 11) is 0.831. The minimum atomic E-state index is -1.78. The zero-order valence-corrected chi connectivity index (χ0v) is 36.9. The lowest BCUT2D eigenvalue weighted by Gasteiger charge is -2.31. The SMILES string of the molecule is CC[C@H](C)[C@H](NC(=O)OC)C(=O)N1CCC[C@H]1c1ncc(-c2ccc(-c3ccc4c(ccc5[nH]c([C@@H]6C[Si](C)(C)CN6C(=O)[C@@H](NC(=O)OC)[C@@H](C)CC)nc54)c3)cc2)[nH]1. The van der Waals surface area contributed by atoms with Gasteiger partial charge >= 0.3 is 12.2 Å². The second-order valence-electron chi connectivity index (χ2n) is 17.3. The fourth-order valence-electron chi connectivity index (χ4n) is 8.81. The normalized spacial score (nSPS) is 19.5. The number of benzene rings is 3. The molecule has 60 heavy (non-hydrogen) atoms. The molecule has 7 rings (SSSR count). The van der Waals surface area contributed by atoms with Crippen molar-refractivity contribution in [2.45, 2.75) is 96.7 Å². The highest BCUT2D eigenvalue weighted by atomic mass is 28.3. The number of aromatic nitrogens is 4. The molecule has 0 bridgehead atoms. The number of H-pyrrole nitrogens is 2. The van der Waals surface area contributed by atoms with E-state index >= 15 is 0 Å². The van der Waals surface area contributed by atoms with Crippen molar-refractivity contribution in [3.8, 4) is 22.4 Å². The maximum Gasteiger partial charge on any atom is 0.407 e. The zero-order chi connectivity index (χ0) is 42.9. The number of nitrogens with zero attached hydrogens (tertiary/aromatic N) is 4. The van der Waals surface area contributed by atoms with E-state index in [1.54, 1.807) is 0 Å². The molecule has 4 heterocycles. The lowest BCUT2D eigenvalue weighted by atomic mass is 9.97. The predicted molar refractivity (Wildman–Crippen MR) is 235 cm³/mol. The average Bonchev–Trinajstić information content (AvgIpc) is 4.09. The van der Waals surface area contributed by atoms with E-state index < -0.39 is 32.3 Å². The number of hydrogen-bond donors (Lipinski definition) is 4. The number of hydrogen-bond acceptors (Lipinski definition) is 8. The third-order valence-electron chi connectivity index (χ3n) is 12.7. The van der Waals surface area contributed by atoms with Gasteiger partial charge in [-0.2, -0.15) is 0 Å². The van der Waals surface area contributed by atoms with Gasteiger partial charge in [0.1, 0.15) is 23.7 Å². The summed E-state index contributed by atoms with van der Waals surface area (Å²) in [6.07, 6.45) is 4.38. The first-order valence-electron chi connectivity index (χ1n) is 21.1. The molecule has 0 aliphatic carbocycles. The predicted octanol–water partition coefficient (Wildman–Crippen LogP) is 8.11. The van der Waals surface area contributed by atoms with E-state index in [-0.39, 0.29) is 35.7 Å². The van der Waals surface area contributed by atoms with Gasteiger partial charge < -0.3 is 39.9 Å². The van der Waals surface area contributed by atoms with Crippen molar-refractivity contribution >= 4 is 53.9 Å². The standard InChI is InChI=1S/C45H58N8O6Si/c1-9-26(3)37(50-44(56)58-5)42(54)52-21-11-12-35(52)40-46-23-34(48-40)29-15-13-28(14-16-29)30-17-19-32-31(22-30)18-20-33-39(32)49-41(47-33)36-24-60(7,8)25-53(36)43(55)38(27(4)10-2)51-45(57)59-6/h13-20,22-23,26-27,35-38H,9-12,21,24-25H2,1-8H3,(H,46,48)(H,47,49)(H,50,56)(H,51,57)/t26-,27-,35-,36-,37-,38-/m0/s1. The fraction of sp³-hybridized carbons (Fsp3) is 0.467. The number of carbonyl (C=O) groups is 4. The van der Waals surface area contributed by atoms with E-state index in [0.29, 0.717) is 12.7 Å². The van der Waals surface area contributed by atoms with E-state index in [9.17, 15) is 19.2 Å². The molecule has 4 amide bonds. The summed E-state index contributed by atoms with van der Waals surface area (Å²) in [5.74, 6) is 1.16. The number of fused-ring (bicyclic) bond motifs is 3. The molecule has 2 fully saturated rings. The van der Waals surface area contributed by atoms with Crippen LogP contribution < -0.4 is 10.6 Å². The van der Waals surface area contributed by atoms with Crippen molar-refractivity contribution in [3.05, 3.63) is 72.4 Å². The summed E-state index contributed by atoms with van der Waals surface area (Å²) < 4.78 is 9.69. The molecule has 0 unspecified atom stereocenters. The van der Waals surface area contributed by atoms with Gasteiger partial charge in [0.05, 0.1) is 57.3 Å². The van der Waals surface area contributed by atoms with Gasteiger partial charge in [0.2, 0.25) is 11.8 Å². The summed E-state index contributed by atoms with van der Waals surface area (Å²) in [4.78, 5) is 73.0. The molecule has 3 aromatic carbocycles. The van der Waals surface area contributed by atoms with Crippen LogP contribution in [0.25, 0.3) is 44.2 Å². The Morgan fingerprint density at radius 3 is 2.05 bits per heavy atom. The highest BCUT2D eigenvalue weighted by molar-refractivity contribution is 6.78. The van der Waals surface area contributed by atoms with Crippen LogP contribution in [0.5, 0.6) is 0 Å². The molecule has 0 saturated carbocycles. The van der Waals surface area contributed by atoms with Gasteiger partial charge in [0, 0.05) is 18.1 Å². The van der Waals surface area contributed by atoms with Crippen LogP contribution in [0.15, 0.2) is 60.8 Å². The first kappa shape index (κ1) is 42.4. The third-order valence-corrected chi connectivity index (χ3v) is 15.3. The first-order chi connectivity index (χ1) is 28.7. The molecule has 318 valence electrons. The summed E-state index contributed by atoms with van der Waals surface area (Å²) in [6.45, 7) is 13.1. The van der Waals surface area contributed by atoms with Crippen LogP contribution in [-0.2, 0) is 19.1 Å². The average molecular weight is 835 g/mol. The van der Waals surface area contributed by atoms with Crippen LogP contribution in [0.2, 0.25) is 19.1 Å². The summed E-state index contributed by atoms with van der Waals surface area (Å²) in [6, 6.07) is 18.0. The molecule has 6 atom stereocenters. The van der Waals surface area contributed by atoms with Crippen LogP contribution in [0.3, 0.4) is 0 Å². The van der Waals surface area contributed by atoms with Crippen LogP contribution in [-0.4, -0.2) is 101 Å². The number of carbonyl (C=O) groups excluding carboxylic acids is 4. The maximum atomic E-state index is 14.1. The molecule has 15 heteroatoms. The maximum absolute atomic E-state index is 14.1. The molecular formula is C45H58N8O6Si. The largest absolute Gasteiger partial charge is 0.453 e. The Kier molecular flexibility index (Phi) is 12.4. The fourth-order valence-corrected chi connectivity index (χ4v) is 11.7. The van der Waals surface area contributed by atoms with Gasteiger partial charge in [-0.3, -0.25) is 9.59 Å². The van der Waals surface area contributed by atoms with Crippen molar-refractivity contribution in [1.82, 2.24) is 40.4 Å². The quantitative estimate of drug-likeness (QED) is 0.0913. The van der Waals surface area contributed by atoms with Crippen molar-refractivity contribution in [3.63, 3.8) is 0 Å². The van der Waals surface area contributed by atoms with Crippen molar-refractivity contribution in [2.75, 3.05) is 26.9 Å². The molecule has 5 aromatic rings. The van der Waals surface area contributed by atoms with Gasteiger partial charge in [-0.1, -0.05) is 96.1 Å². The molecule has 2 saturated heterocycles. The number of rotatable bonds is 12. The second-order valence-corrected chi connectivity index (χ2v) is 22.4. The third kappa shape index (κ3) is 8.49. The Morgan fingerprint density at radius 2 is 1.42 bits per heavy atom. The lowest BCUT2D eigenvalue weighted by Crippen LogP contribution is -2.52. The van der Waals surface area contributed by atoms with Gasteiger partial charge in [-0.15, -0.1) is 0 Å². The summed E-state index contributed by atoms with van der Waals surface area (Å²) in [5.41, 5.74) is 5.75. The van der Waals surface area contributed by atoms with Crippen molar-refractivity contribution < 1.29 is 28.7 Å². The molecule has 0 radical (unpaired) electrons. The number of nitrogens with one attached hydrogen (secondary N) is 4. The van der Waals surface area contributed by atoms with Crippen molar-refractivity contribution in [2.24, 2.45) is 11.8 Å². The van der Waals surface area contributed by atoms with Gasteiger partial charge in [0.15, 0.2) is 0 Å². The number of aromatic amines is 2. The summed E-state index contributed by atoms with van der Waals surface area (Å²) >= 11 is 0. The Morgan fingerprint density at radius 1 is 0.800 bits per heavy atom. The lowest BCUT2D eigenvalue weighted by molar-refractivity contribution is -0.136. The molecule has 0 spiro atoms. The first-order valence-corrected chi connectivity index (χ1v) is 24.5. The molecule has 4 N–H and O–H groups in total. The Bertz CT molecular complexity index is 2380. The van der Waals surface area contributed by atoms with E-state index in [4.69, 9.17) is 19.4 Å². The van der Waals surface area contributed by atoms with E-state index in [2.05, 4.69) is 88.3 Å². The van der Waals surface area contributed by atoms with Gasteiger partial charge in [0.25, 0.3) is 0 Å². The van der Waals surface area contributed by atoms with Crippen LogP contribution >= 0.6 is 0 Å². The Labute approximate surface area is 352 Å². The highest BCUT2D eigenvalue weighted by Crippen LogP contribution is 2.40. The van der Waals surface area contributed by atoms with Crippen molar-refractivity contribution in [1.29, 1.82) is 0 Å². The number of ether oxygens (including phenoxy) is 2. The topological polar surface area (TPSA) is 175 Å². The Balaban J connectivity index is 1.09. The van der Waals surface area contributed by atoms with Gasteiger partial charge in [-0.05, 0) is 64.9 Å². The number of likely N-dealkylation sites (tertiary alicyclic amines) is 1. The molecule has 2 aromatic heterocycles. The number of amides is 4. The number of alkyl carbamates (subject to hydrolysis) is 2. The second kappa shape index (κ2) is 17.5. The van der Waals surface area contributed by atoms with E-state index in [1.807, 2.05) is 43.7 Å². The minimum Gasteiger partial charge on any atom is -0.453 e. The highest BCUT2D eigenvalue weighted by Gasteiger charge is 2.46. The van der Waals surface area contributed by atoms with E-state index in [0.717, 1.165) is 87.6 Å². The molecular weight excluding hydrogens is 777 g/mol. The van der Waals surface area contributed by atoms with Gasteiger partial charge in [-0.25, -0.2) is 19.6 Å². The molecule has 14 nitrogen and oxygen atoms in total. The number of imidazole rings is 2. The Hall–Kier alpha value is -5.70. The molecule has 2 aliphatic rings. The van der Waals surface area contributed by atoms with Crippen LogP contribution in [0.4, 0.5) is 9.59 Å². The smallest absolute Gasteiger partial charge is 0.407 e. The van der Waals surface area contributed by atoms with Crippen LogP contribution in [0.1, 0.15) is 77.1 Å². The monoisotopic (exact) mass is 834 g/mol. The zero-order valence-electron chi connectivity index (χ0n) is 35.9. The number of methoxy groups -OCH3 is 2. The van der Waals surface area contributed by atoms with E-state index in [1.165, 1.54) is 14.2 Å². The molecule has 2 aliphatic heterocycles. The van der Waals surface area contributed by atoms with Crippen LogP contribution in [0, 0.1) is 11.8 Å². The summed E-state index contributed by atoms with van der Waals surface area (Å²) in [5, 5.41) is 7.64.